The lowest BCUT2D eigenvalue weighted by atomic mass is 10.2. The molecule has 0 aliphatic carbocycles. The minimum absolute atomic E-state index is 0.0463. The van der Waals surface area contributed by atoms with Crippen LogP contribution in [0.5, 0.6) is 5.75 Å². The predicted octanol–water partition coefficient (Wildman–Crippen LogP) is 2.19. The van der Waals surface area contributed by atoms with Crippen LogP contribution in [-0.4, -0.2) is 18.2 Å². The summed E-state index contributed by atoms with van der Waals surface area (Å²) in [6, 6.07) is 2.36. The lowest BCUT2D eigenvalue weighted by Crippen LogP contribution is -2.02. The van der Waals surface area contributed by atoms with Crippen molar-refractivity contribution in [2.45, 2.75) is 0 Å². The summed E-state index contributed by atoms with van der Waals surface area (Å²) in [4.78, 5) is 10.5. The van der Waals surface area contributed by atoms with Crippen molar-refractivity contribution in [2.75, 3.05) is 7.11 Å². The van der Waals surface area contributed by atoms with Crippen LogP contribution in [0.25, 0.3) is 0 Å². The van der Waals surface area contributed by atoms with Gasteiger partial charge in [0.25, 0.3) is 0 Å². The number of carboxylic acid groups (broad SMARTS) is 1. The maximum Gasteiger partial charge on any atom is 0.338 e. The van der Waals surface area contributed by atoms with Gasteiger partial charge in [-0.05, 0) is 12.1 Å². The molecule has 0 bridgehead atoms. The molecule has 70 valence electrons. The molecule has 5 heteroatoms. The van der Waals surface area contributed by atoms with Crippen LogP contribution in [0.15, 0.2) is 12.1 Å². The molecule has 0 atom stereocenters. The fraction of sp³-hybridized carbons (Fsp3) is 0.125. The van der Waals surface area contributed by atoms with Crippen molar-refractivity contribution in [3.63, 3.8) is 0 Å². The SMILES string of the molecule is COc1c(Cl)ccc(C(=O)O)c1F. The summed E-state index contributed by atoms with van der Waals surface area (Å²) in [5.41, 5.74) is -0.457. The van der Waals surface area contributed by atoms with Gasteiger partial charge in [0.15, 0.2) is 11.6 Å². The lowest BCUT2D eigenvalue weighted by molar-refractivity contribution is 0.0691. The van der Waals surface area contributed by atoms with E-state index in [1.54, 1.807) is 0 Å². The first kappa shape index (κ1) is 9.80. The van der Waals surface area contributed by atoms with Gasteiger partial charge in [-0.3, -0.25) is 0 Å². The molecule has 0 saturated carbocycles. The molecule has 0 fully saturated rings. The topological polar surface area (TPSA) is 46.5 Å². The minimum Gasteiger partial charge on any atom is -0.492 e. The first-order valence-electron chi connectivity index (χ1n) is 3.33. The summed E-state index contributed by atoms with van der Waals surface area (Å²) in [6.45, 7) is 0. The number of rotatable bonds is 2. The Bertz CT molecular complexity index is 351. The van der Waals surface area contributed by atoms with Crippen LogP contribution in [-0.2, 0) is 0 Å². The van der Waals surface area contributed by atoms with Gasteiger partial charge in [0.2, 0.25) is 0 Å². The third-order valence-electron chi connectivity index (χ3n) is 1.48. The number of aromatic carboxylic acids is 1. The van der Waals surface area contributed by atoms with E-state index in [0.29, 0.717) is 0 Å². The molecule has 0 radical (unpaired) electrons. The molecule has 0 amide bonds. The van der Waals surface area contributed by atoms with E-state index in [1.165, 1.54) is 13.2 Å². The molecular weight excluding hydrogens is 199 g/mol. The van der Waals surface area contributed by atoms with Gasteiger partial charge in [-0.15, -0.1) is 0 Å². The van der Waals surface area contributed by atoms with Crippen molar-refractivity contribution in [3.8, 4) is 5.75 Å². The van der Waals surface area contributed by atoms with Crippen molar-refractivity contribution in [1.29, 1.82) is 0 Å². The highest BCUT2D eigenvalue weighted by Crippen LogP contribution is 2.29. The quantitative estimate of drug-likeness (QED) is 0.803. The average molecular weight is 205 g/mol. The predicted molar refractivity (Wildman–Crippen MR) is 44.9 cm³/mol. The molecule has 3 nitrogen and oxygen atoms in total. The van der Waals surface area contributed by atoms with Crippen molar-refractivity contribution in [1.82, 2.24) is 0 Å². The van der Waals surface area contributed by atoms with Crippen LogP contribution >= 0.6 is 11.6 Å². The van der Waals surface area contributed by atoms with E-state index in [0.717, 1.165) is 6.07 Å². The molecule has 0 heterocycles. The summed E-state index contributed by atoms with van der Waals surface area (Å²) in [6.07, 6.45) is 0. The fourth-order valence-corrected chi connectivity index (χ4v) is 1.11. The summed E-state index contributed by atoms with van der Waals surface area (Å²) >= 11 is 5.55. The summed E-state index contributed by atoms with van der Waals surface area (Å²) in [5, 5.41) is 8.58. The van der Waals surface area contributed by atoms with Crippen LogP contribution < -0.4 is 4.74 Å². The van der Waals surface area contributed by atoms with Gasteiger partial charge >= 0.3 is 5.97 Å². The van der Waals surface area contributed by atoms with E-state index in [2.05, 4.69) is 4.74 Å². The maximum atomic E-state index is 13.2. The molecule has 0 aliphatic rings. The molecular formula is C8H6ClFO3. The zero-order chi connectivity index (χ0) is 10.0. The van der Waals surface area contributed by atoms with Crippen molar-refractivity contribution >= 4 is 17.6 Å². The maximum absolute atomic E-state index is 13.2. The Kier molecular flexibility index (Phi) is 2.72. The molecule has 1 aromatic rings. The third kappa shape index (κ3) is 1.72. The monoisotopic (exact) mass is 204 g/mol. The van der Waals surface area contributed by atoms with Gasteiger partial charge in [0, 0.05) is 0 Å². The van der Waals surface area contributed by atoms with Gasteiger partial charge in [0.1, 0.15) is 0 Å². The number of hydrogen-bond acceptors (Lipinski definition) is 2. The van der Waals surface area contributed by atoms with E-state index in [-0.39, 0.29) is 10.8 Å². The number of halogens is 2. The normalized spacial score (nSPS) is 9.77. The highest BCUT2D eigenvalue weighted by Gasteiger charge is 2.17. The molecule has 0 saturated heterocycles. The van der Waals surface area contributed by atoms with E-state index < -0.39 is 17.3 Å². The standard InChI is InChI=1S/C8H6ClFO3/c1-13-7-5(9)3-2-4(6(7)10)8(11)12/h2-3H,1H3,(H,11,12). The highest BCUT2D eigenvalue weighted by molar-refractivity contribution is 6.32. The highest BCUT2D eigenvalue weighted by atomic mass is 35.5. The van der Waals surface area contributed by atoms with E-state index >= 15 is 0 Å². The van der Waals surface area contributed by atoms with Gasteiger partial charge in [0.05, 0.1) is 17.7 Å². The van der Waals surface area contributed by atoms with E-state index in [9.17, 15) is 9.18 Å². The summed E-state index contributed by atoms with van der Waals surface area (Å²) < 4.78 is 17.8. The van der Waals surface area contributed by atoms with Crippen LogP contribution in [0.4, 0.5) is 4.39 Å². The number of ether oxygens (including phenoxy) is 1. The van der Waals surface area contributed by atoms with Crippen molar-refractivity contribution < 1.29 is 19.0 Å². The molecule has 1 aromatic carbocycles. The van der Waals surface area contributed by atoms with Gasteiger partial charge in [-0.2, -0.15) is 0 Å². The number of carboxylic acids is 1. The molecule has 1 rings (SSSR count). The molecule has 0 aliphatic heterocycles. The Hall–Kier alpha value is -1.29. The second kappa shape index (κ2) is 3.62. The summed E-state index contributed by atoms with van der Waals surface area (Å²) in [5.74, 6) is -2.56. The molecule has 1 N–H and O–H groups in total. The smallest absolute Gasteiger partial charge is 0.338 e. The number of benzene rings is 1. The number of methoxy groups -OCH3 is 1. The van der Waals surface area contributed by atoms with E-state index in [4.69, 9.17) is 16.7 Å². The zero-order valence-electron chi connectivity index (χ0n) is 6.67. The average Bonchev–Trinajstić information content (AvgIpc) is 2.04. The first-order chi connectivity index (χ1) is 6.07. The number of hydrogen-bond donors (Lipinski definition) is 1. The summed E-state index contributed by atoms with van der Waals surface area (Å²) in [7, 11) is 1.22. The third-order valence-corrected chi connectivity index (χ3v) is 1.78. The Morgan fingerprint density at radius 2 is 2.23 bits per heavy atom. The fourth-order valence-electron chi connectivity index (χ4n) is 0.885. The zero-order valence-corrected chi connectivity index (χ0v) is 7.43. The van der Waals surface area contributed by atoms with Crippen molar-refractivity contribution in [2.24, 2.45) is 0 Å². The van der Waals surface area contributed by atoms with Gasteiger partial charge < -0.3 is 9.84 Å². The largest absolute Gasteiger partial charge is 0.492 e. The second-order valence-corrected chi connectivity index (χ2v) is 2.65. The van der Waals surface area contributed by atoms with Crippen LogP contribution in [0.3, 0.4) is 0 Å². The van der Waals surface area contributed by atoms with Gasteiger partial charge in [-0.1, -0.05) is 11.6 Å². The Morgan fingerprint density at radius 3 is 2.69 bits per heavy atom. The lowest BCUT2D eigenvalue weighted by Gasteiger charge is -2.05. The number of carbonyl (C=O) groups is 1. The van der Waals surface area contributed by atoms with Gasteiger partial charge in [-0.25, -0.2) is 9.18 Å². The molecule has 0 aromatic heterocycles. The first-order valence-corrected chi connectivity index (χ1v) is 3.71. The Balaban J connectivity index is 3.35. The molecule has 0 unspecified atom stereocenters. The molecule has 13 heavy (non-hydrogen) atoms. The minimum atomic E-state index is -1.35. The van der Waals surface area contributed by atoms with E-state index in [1.807, 2.05) is 0 Å². The second-order valence-electron chi connectivity index (χ2n) is 2.25. The Labute approximate surface area is 78.7 Å². The molecule has 0 spiro atoms. The van der Waals surface area contributed by atoms with Crippen LogP contribution in [0, 0.1) is 5.82 Å². The van der Waals surface area contributed by atoms with Crippen LogP contribution in [0.2, 0.25) is 5.02 Å². The van der Waals surface area contributed by atoms with Crippen LogP contribution in [0.1, 0.15) is 10.4 Å². The Morgan fingerprint density at radius 1 is 1.62 bits per heavy atom. The van der Waals surface area contributed by atoms with Crippen molar-refractivity contribution in [3.05, 3.63) is 28.5 Å².